The van der Waals surface area contributed by atoms with Crippen LogP contribution in [0.15, 0.2) is 12.4 Å². The number of hydrogen-bond donors (Lipinski definition) is 2. The van der Waals surface area contributed by atoms with Crippen LogP contribution >= 0.6 is 11.6 Å². The summed E-state index contributed by atoms with van der Waals surface area (Å²) in [5.41, 5.74) is 14.8. The van der Waals surface area contributed by atoms with Crippen LogP contribution in [0.1, 0.15) is 42.3 Å². The minimum Gasteiger partial charge on any atom is -0.489 e. The number of nitrogens with two attached hydrogens (primary N) is 2. The van der Waals surface area contributed by atoms with Gasteiger partial charge in [0.2, 0.25) is 5.91 Å². The molecule has 12 heteroatoms. The van der Waals surface area contributed by atoms with Gasteiger partial charge in [-0.15, -0.1) is 0 Å². The predicted molar refractivity (Wildman–Crippen MR) is 134 cm³/mol. The van der Waals surface area contributed by atoms with Gasteiger partial charge in [-0.3, -0.25) is 14.6 Å². The third-order valence-electron chi connectivity index (χ3n) is 6.99. The highest BCUT2D eigenvalue weighted by molar-refractivity contribution is 6.32. The summed E-state index contributed by atoms with van der Waals surface area (Å²) in [6.07, 6.45) is 1.29. The standard InChI is InChI=1S/C24H28ClN9O2/c1-12-6-33(15-7-32(8-15)10-20(27)35)9-18-17(5-26)19(25)4-16(22(18)36-12)14(3)34-24-21(13(2)31-34)23(28)29-11-30-24/h4,11-12,14-15H,6-10H2,1-3H3,(H2,27,35)(H2,28,29,30)/t12-,14?/m0/s1. The molecule has 2 aliphatic rings. The van der Waals surface area contributed by atoms with Gasteiger partial charge in [0.05, 0.1) is 34.3 Å². The summed E-state index contributed by atoms with van der Waals surface area (Å²) in [5.74, 6) is 0.686. The fourth-order valence-electron chi connectivity index (χ4n) is 5.24. The molecule has 4 heterocycles. The molecule has 5 rings (SSSR count). The van der Waals surface area contributed by atoms with Crippen LogP contribution < -0.4 is 16.2 Å². The molecule has 11 nitrogen and oxygen atoms in total. The molecule has 188 valence electrons. The molecule has 0 radical (unpaired) electrons. The molecule has 36 heavy (non-hydrogen) atoms. The number of halogens is 1. The minimum atomic E-state index is -0.336. The van der Waals surface area contributed by atoms with Gasteiger partial charge in [0.25, 0.3) is 0 Å². The molecule has 0 aliphatic carbocycles. The summed E-state index contributed by atoms with van der Waals surface area (Å²) in [6.45, 7) is 8.76. The van der Waals surface area contributed by atoms with E-state index in [1.54, 1.807) is 10.7 Å². The number of fused-ring (bicyclic) bond motifs is 2. The number of aromatic nitrogens is 4. The molecule has 4 N–H and O–H groups in total. The van der Waals surface area contributed by atoms with Crippen molar-refractivity contribution in [2.45, 2.75) is 45.5 Å². The topological polar surface area (TPSA) is 152 Å². The van der Waals surface area contributed by atoms with Gasteiger partial charge in [-0.25, -0.2) is 14.6 Å². The molecule has 1 aromatic carbocycles. The van der Waals surface area contributed by atoms with Crippen LogP contribution in [0, 0.1) is 18.3 Å². The molecule has 0 bridgehead atoms. The first-order chi connectivity index (χ1) is 17.2. The third kappa shape index (κ3) is 4.11. The lowest BCUT2D eigenvalue weighted by Gasteiger charge is -2.45. The fourth-order valence-corrected chi connectivity index (χ4v) is 5.51. The van der Waals surface area contributed by atoms with Crippen LogP contribution in [0.4, 0.5) is 5.82 Å². The molecular weight excluding hydrogens is 482 g/mol. The Morgan fingerprint density at radius 3 is 2.81 bits per heavy atom. The maximum Gasteiger partial charge on any atom is 0.231 e. The van der Waals surface area contributed by atoms with Crippen LogP contribution in [0.3, 0.4) is 0 Å². The van der Waals surface area contributed by atoms with E-state index in [9.17, 15) is 10.1 Å². The van der Waals surface area contributed by atoms with E-state index in [0.717, 1.165) is 29.9 Å². The summed E-state index contributed by atoms with van der Waals surface area (Å²) in [5, 5.41) is 15.8. The van der Waals surface area contributed by atoms with Crippen LogP contribution in [0.5, 0.6) is 5.75 Å². The number of anilines is 1. The third-order valence-corrected chi connectivity index (χ3v) is 7.28. The number of aryl methyl sites for hydroxylation is 1. The molecule has 0 spiro atoms. The Labute approximate surface area is 213 Å². The first kappa shape index (κ1) is 24.2. The maximum absolute atomic E-state index is 11.3. The number of carbonyl (C=O) groups excluding carboxylic acids is 1. The van der Waals surface area contributed by atoms with Gasteiger partial charge in [0, 0.05) is 43.3 Å². The molecule has 1 unspecified atom stereocenters. The van der Waals surface area contributed by atoms with Gasteiger partial charge < -0.3 is 16.2 Å². The van der Waals surface area contributed by atoms with Crippen molar-refractivity contribution in [1.29, 1.82) is 5.26 Å². The molecule has 2 aliphatic heterocycles. The smallest absolute Gasteiger partial charge is 0.231 e. The highest BCUT2D eigenvalue weighted by atomic mass is 35.5. The molecule has 1 saturated heterocycles. The Morgan fingerprint density at radius 2 is 2.11 bits per heavy atom. The van der Waals surface area contributed by atoms with E-state index in [1.165, 1.54) is 6.33 Å². The van der Waals surface area contributed by atoms with E-state index < -0.39 is 0 Å². The van der Waals surface area contributed by atoms with Crippen molar-refractivity contribution in [3.8, 4) is 11.8 Å². The number of primary amides is 1. The fraction of sp³-hybridized carbons (Fsp3) is 0.458. The van der Waals surface area contributed by atoms with E-state index in [2.05, 4.69) is 20.9 Å². The second-order valence-electron chi connectivity index (χ2n) is 9.58. The van der Waals surface area contributed by atoms with E-state index in [-0.39, 0.29) is 30.6 Å². The van der Waals surface area contributed by atoms with Gasteiger partial charge in [-0.2, -0.15) is 10.4 Å². The number of ether oxygens (including phenoxy) is 1. The lowest BCUT2D eigenvalue weighted by atomic mass is 9.97. The summed E-state index contributed by atoms with van der Waals surface area (Å²) >= 11 is 6.66. The molecule has 0 saturated carbocycles. The van der Waals surface area contributed by atoms with Crippen molar-refractivity contribution >= 4 is 34.4 Å². The zero-order chi connectivity index (χ0) is 25.7. The summed E-state index contributed by atoms with van der Waals surface area (Å²) in [7, 11) is 0. The maximum atomic E-state index is 11.3. The summed E-state index contributed by atoms with van der Waals surface area (Å²) in [4.78, 5) is 24.1. The Hall–Kier alpha value is -3.46. The van der Waals surface area contributed by atoms with Gasteiger partial charge in [0.15, 0.2) is 5.65 Å². The zero-order valence-corrected chi connectivity index (χ0v) is 21.2. The summed E-state index contributed by atoms with van der Waals surface area (Å²) in [6, 6.07) is 3.99. The predicted octanol–water partition coefficient (Wildman–Crippen LogP) is 1.60. The van der Waals surface area contributed by atoms with Crippen molar-refractivity contribution < 1.29 is 9.53 Å². The monoisotopic (exact) mass is 509 g/mol. The van der Waals surface area contributed by atoms with E-state index in [1.807, 2.05) is 25.7 Å². The van der Waals surface area contributed by atoms with Crippen molar-refractivity contribution in [2.24, 2.45) is 5.73 Å². The Kier molecular flexibility index (Phi) is 6.20. The number of likely N-dealkylation sites (tertiary alicyclic amines) is 1. The number of hydrogen-bond acceptors (Lipinski definition) is 9. The van der Waals surface area contributed by atoms with E-state index in [4.69, 9.17) is 32.9 Å². The highest BCUT2D eigenvalue weighted by Gasteiger charge is 2.37. The van der Waals surface area contributed by atoms with Gasteiger partial charge in [-0.05, 0) is 26.8 Å². The number of carbonyl (C=O) groups is 1. The number of benzene rings is 1. The second-order valence-corrected chi connectivity index (χ2v) is 9.98. The lowest BCUT2D eigenvalue weighted by molar-refractivity contribution is -0.121. The van der Waals surface area contributed by atoms with Crippen LogP contribution in [-0.2, 0) is 11.3 Å². The Bertz CT molecular complexity index is 1390. The second kappa shape index (κ2) is 9.20. The minimum absolute atomic E-state index is 0.135. The van der Waals surface area contributed by atoms with Crippen LogP contribution in [0.2, 0.25) is 5.02 Å². The molecule has 1 fully saturated rings. The van der Waals surface area contributed by atoms with Crippen LogP contribution in [0.25, 0.3) is 11.0 Å². The number of amides is 1. The number of nitriles is 1. The van der Waals surface area contributed by atoms with Crippen molar-refractivity contribution in [2.75, 3.05) is 31.9 Å². The molecule has 2 aromatic heterocycles. The Morgan fingerprint density at radius 1 is 1.36 bits per heavy atom. The molecule has 1 amide bonds. The van der Waals surface area contributed by atoms with E-state index >= 15 is 0 Å². The summed E-state index contributed by atoms with van der Waals surface area (Å²) < 4.78 is 8.27. The number of nitrogens with zero attached hydrogens (tertiary/aromatic N) is 7. The SMILES string of the molecule is Cc1nn(C(C)c2cc(Cl)c(C#N)c3c2O[C@@H](C)CN(C2CN(CC(N)=O)C2)C3)c2ncnc(N)c12. The van der Waals surface area contributed by atoms with Crippen molar-refractivity contribution in [1.82, 2.24) is 29.5 Å². The van der Waals surface area contributed by atoms with Gasteiger partial charge >= 0.3 is 0 Å². The Balaban J connectivity index is 1.55. The zero-order valence-electron chi connectivity index (χ0n) is 20.4. The normalized spacial score (nSPS) is 19.7. The molecule has 2 atom stereocenters. The highest BCUT2D eigenvalue weighted by Crippen LogP contribution is 2.41. The first-order valence-corrected chi connectivity index (χ1v) is 12.2. The molecule has 3 aromatic rings. The average molecular weight is 510 g/mol. The molecular formula is C24H28ClN9O2. The largest absolute Gasteiger partial charge is 0.489 e. The number of rotatable bonds is 5. The quantitative estimate of drug-likeness (QED) is 0.522. The van der Waals surface area contributed by atoms with Crippen molar-refractivity contribution in [3.05, 3.63) is 39.8 Å². The van der Waals surface area contributed by atoms with Gasteiger partial charge in [0.1, 0.15) is 30.1 Å². The van der Waals surface area contributed by atoms with E-state index in [0.29, 0.717) is 46.3 Å². The van der Waals surface area contributed by atoms with Gasteiger partial charge in [-0.1, -0.05) is 11.6 Å². The van der Waals surface area contributed by atoms with Crippen molar-refractivity contribution in [3.63, 3.8) is 0 Å². The first-order valence-electron chi connectivity index (χ1n) is 11.8. The average Bonchev–Trinajstić information content (AvgIpc) is 3.04. The number of nitrogen functional groups attached to an aromatic ring is 1. The van der Waals surface area contributed by atoms with Crippen LogP contribution in [-0.4, -0.2) is 73.8 Å². The lowest BCUT2D eigenvalue weighted by Crippen LogP contribution is -2.61.